The average Bonchev–Trinajstić information content (AvgIpc) is 3.21. The third-order valence-electron chi connectivity index (χ3n) is 6.64. The van der Waals surface area contributed by atoms with Crippen LogP contribution in [0.4, 0.5) is 11.6 Å². The van der Waals surface area contributed by atoms with E-state index in [1.54, 1.807) is 7.05 Å². The molecule has 1 atom stereocenters. The molecule has 2 aromatic heterocycles. The number of rotatable bonds is 10. The number of aryl methyl sites for hydroxylation is 1. The summed E-state index contributed by atoms with van der Waals surface area (Å²) in [6, 6.07) is 7.94. The zero-order valence-corrected chi connectivity index (χ0v) is 20.9. The highest BCUT2D eigenvalue weighted by atomic mass is 16.5. The van der Waals surface area contributed by atoms with Crippen molar-refractivity contribution in [2.24, 2.45) is 13.0 Å². The minimum atomic E-state index is -0.290. The Labute approximate surface area is 200 Å². The molecule has 4 rings (SSSR count). The highest BCUT2D eigenvalue weighted by Gasteiger charge is 2.29. The third-order valence-corrected chi connectivity index (χ3v) is 6.64. The van der Waals surface area contributed by atoms with Crippen LogP contribution in [0.2, 0.25) is 0 Å². The van der Waals surface area contributed by atoms with Crippen molar-refractivity contribution in [3.8, 4) is 5.75 Å². The lowest BCUT2D eigenvalue weighted by molar-refractivity contribution is 0.340. The third kappa shape index (κ3) is 4.63. The number of nitrogens with zero attached hydrogens (tertiary/aromatic N) is 5. The van der Waals surface area contributed by atoms with Crippen molar-refractivity contribution >= 4 is 22.8 Å². The standard InChI is InChI=1S/C26H37N5O3/c1-5-7-8-9-10-11-16-29-24(32)22-23(28(4)26(29)33)27-25-30(17-19(3)18-31(22)25)20-12-14-21(15-13-20)34-6-2/h12-15,19H,5-11,16-18H2,1-4H3/t19-/m0/s1. The monoisotopic (exact) mass is 467 g/mol. The molecule has 1 aromatic carbocycles. The summed E-state index contributed by atoms with van der Waals surface area (Å²) in [5.41, 5.74) is 1.44. The van der Waals surface area contributed by atoms with E-state index >= 15 is 0 Å². The second-order valence-electron chi connectivity index (χ2n) is 9.40. The van der Waals surface area contributed by atoms with Gasteiger partial charge >= 0.3 is 5.69 Å². The number of benzene rings is 1. The van der Waals surface area contributed by atoms with E-state index in [0.717, 1.165) is 37.2 Å². The van der Waals surface area contributed by atoms with Crippen LogP contribution in [0.15, 0.2) is 33.9 Å². The Hall–Kier alpha value is -3.03. The van der Waals surface area contributed by atoms with Crippen LogP contribution in [-0.4, -0.2) is 31.8 Å². The van der Waals surface area contributed by atoms with Gasteiger partial charge < -0.3 is 14.2 Å². The molecule has 3 heterocycles. The predicted octanol–water partition coefficient (Wildman–Crippen LogP) is 4.44. The summed E-state index contributed by atoms with van der Waals surface area (Å²) >= 11 is 0. The number of hydrogen-bond acceptors (Lipinski definition) is 5. The lowest BCUT2D eigenvalue weighted by Gasteiger charge is -2.33. The van der Waals surface area contributed by atoms with Crippen molar-refractivity contribution in [2.75, 3.05) is 18.1 Å². The van der Waals surface area contributed by atoms with Gasteiger partial charge in [0.15, 0.2) is 11.2 Å². The van der Waals surface area contributed by atoms with E-state index in [1.165, 1.54) is 28.4 Å². The van der Waals surface area contributed by atoms with Crippen molar-refractivity contribution < 1.29 is 4.74 Å². The summed E-state index contributed by atoms with van der Waals surface area (Å²) in [7, 11) is 1.71. The van der Waals surface area contributed by atoms with Gasteiger partial charge in [-0.15, -0.1) is 0 Å². The Morgan fingerprint density at radius 1 is 1.00 bits per heavy atom. The van der Waals surface area contributed by atoms with Crippen LogP contribution in [0.3, 0.4) is 0 Å². The summed E-state index contributed by atoms with van der Waals surface area (Å²) in [6.45, 7) is 8.89. The van der Waals surface area contributed by atoms with Gasteiger partial charge in [0.2, 0.25) is 5.95 Å². The van der Waals surface area contributed by atoms with Crippen LogP contribution in [0.5, 0.6) is 5.75 Å². The topological polar surface area (TPSA) is 74.3 Å². The summed E-state index contributed by atoms with van der Waals surface area (Å²) < 4.78 is 10.5. The van der Waals surface area contributed by atoms with Crippen molar-refractivity contribution in [3.05, 3.63) is 45.1 Å². The summed E-state index contributed by atoms with van der Waals surface area (Å²) in [5.74, 6) is 1.85. The molecule has 1 aliphatic heterocycles. The van der Waals surface area contributed by atoms with Gasteiger partial charge in [-0.05, 0) is 43.5 Å². The number of hydrogen-bond donors (Lipinski definition) is 0. The van der Waals surface area contributed by atoms with Crippen LogP contribution in [0.25, 0.3) is 11.2 Å². The molecule has 0 saturated heterocycles. The Morgan fingerprint density at radius 2 is 1.71 bits per heavy atom. The fourth-order valence-electron chi connectivity index (χ4n) is 4.86. The molecular weight excluding hydrogens is 430 g/mol. The summed E-state index contributed by atoms with van der Waals surface area (Å²) in [6.07, 6.45) is 6.65. The largest absolute Gasteiger partial charge is 0.494 e. The fraction of sp³-hybridized carbons (Fsp3) is 0.577. The molecule has 8 heteroatoms. The number of imidazole rings is 1. The van der Waals surface area contributed by atoms with Gasteiger partial charge in [0, 0.05) is 32.4 Å². The molecular formula is C26H37N5O3. The molecule has 34 heavy (non-hydrogen) atoms. The zero-order chi connectivity index (χ0) is 24.2. The lowest BCUT2D eigenvalue weighted by Crippen LogP contribution is -2.40. The fourth-order valence-corrected chi connectivity index (χ4v) is 4.86. The van der Waals surface area contributed by atoms with Crippen LogP contribution >= 0.6 is 0 Å². The number of anilines is 2. The molecule has 0 saturated carbocycles. The number of ether oxygens (including phenoxy) is 1. The lowest BCUT2D eigenvalue weighted by atomic mass is 10.1. The molecule has 0 unspecified atom stereocenters. The van der Waals surface area contributed by atoms with Crippen molar-refractivity contribution in [2.45, 2.75) is 72.4 Å². The first-order chi connectivity index (χ1) is 16.5. The number of fused-ring (bicyclic) bond motifs is 3. The molecule has 0 fully saturated rings. The first-order valence-corrected chi connectivity index (χ1v) is 12.7. The molecule has 0 N–H and O–H groups in total. The van der Waals surface area contributed by atoms with Crippen LogP contribution in [-0.2, 0) is 20.1 Å². The highest BCUT2D eigenvalue weighted by Crippen LogP contribution is 2.33. The van der Waals surface area contributed by atoms with Gasteiger partial charge in [-0.3, -0.25) is 13.9 Å². The minimum Gasteiger partial charge on any atom is -0.494 e. The van der Waals surface area contributed by atoms with Gasteiger partial charge in [-0.2, -0.15) is 4.98 Å². The van der Waals surface area contributed by atoms with Crippen LogP contribution in [0, 0.1) is 5.92 Å². The maximum Gasteiger partial charge on any atom is 0.332 e. The van der Waals surface area contributed by atoms with E-state index in [2.05, 4.69) is 18.7 Å². The molecule has 184 valence electrons. The van der Waals surface area contributed by atoms with E-state index in [4.69, 9.17) is 9.72 Å². The molecule has 0 bridgehead atoms. The Kier molecular flexibility index (Phi) is 7.44. The Balaban J connectivity index is 1.70. The van der Waals surface area contributed by atoms with Gasteiger partial charge in [0.1, 0.15) is 5.75 Å². The molecule has 0 radical (unpaired) electrons. The van der Waals surface area contributed by atoms with Gasteiger partial charge in [-0.1, -0.05) is 46.0 Å². The molecule has 0 amide bonds. The number of aromatic nitrogens is 4. The molecule has 3 aromatic rings. The first kappa shape index (κ1) is 24.1. The van der Waals surface area contributed by atoms with Crippen molar-refractivity contribution in [3.63, 3.8) is 0 Å². The Morgan fingerprint density at radius 3 is 2.41 bits per heavy atom. The molecule has 0 aliphatic carbocycles. The molecule has 1 aliphatic rings. The van der Waals surface area contributed by atoms with E-state index in [-0.39, 0.29) is 11.2 Å². The van der Waals surface area contributed by atoms with E-state index in [1.807, 2.05) is 35.8 Å². The van der Waals surface area contributed by atoms with Gasteiger partial charge in [-0.25, -0.2) is 4.79 Å². The van der Waals surface area contributed by atoms with Gasteiger partial charge in [0.25, 0.3) is 5.56 Å². The number of unbranched alkanes of at least 4 members (excludes halogenated alkanes) is 5. The predicted molar refractivity (Wildman–Crippen MR) is 136 cm³/mol. The van der Waals surface area contributed by atoms with Crippen LogP contribution < -0.4 is 20.9 Å². The van der Waals surface area contributed by atoms with E-state index in [0.29, 0.717) is 42.7 Å². The Bertz CT molecular complexity index is 1240. The molecule has 8 nitrogen and oxygen atoms in total. The average molecular weight is 468 g/mol. The van der Waals surface area contributed by atoms with Crippen molar-refractivity contribution in [1.29, 1.82) is 0 Å². The van der Waals surface area contributed by atoms with Crippen LogP contribution in [0.1, 0.15) is 59.3 Å². The van der Waals surface area contributed by atoms with E-state index < -0.39 is 0 Å². The quantitative estimate of drug-likeness (QED) is 0.412. The van der Waals surface area contributed by atoms with Gasteiger partial charge in [0.05, 0.1) is 6.61 Å². The second kappa shape index (κ2) is 10.5. The maximum atomic E-state index is 13.5. The second-order valence-corrected chi connectivity index (χ2v) is 9.40. The smallest absolute Gasteiger partial charge is 0.332 e. The minimum absolute atomic E-state index is 0.230. The maximum absolute atomic E-state index is 13.5. The summed E-state index contributed by atoms with van der Waals surface area (Å²) in [5, 5.41) is 0. The molecule has 0 spiro atoms. The van der Waals surface area contributed by atoms with Crippen molar-refractivity contribution in [1.82, 2.24) is 18.7 Å². The highest BCUT2D eigenvalue weighted by molar-refractivity contribution is 5.77. The summed E-state index contributed by atoms with van der Waals surface area (Å²) in [4.78, 5) is 33.5. The van der Waals surface area contributed by atoms with E-state index in [9.17, 15) is 9.59 Å². The SMILES string of the molecule is CCCCCCCCn1c(=O)c2c(nc3n2C[C@@H](C)CN3c2ccc(OCC)cc2)n(C)c1=O. The normalized spacial score (nSPS) is 15.6. The zero-order valence-electron chi connectivity index (χ0n) is 20.9. The first-order valence-electron chi connectivity index (χ1n) is 12.7.